The normalized spacial score (nSPS) is 12.5. The Balaban J connectivity index is 0.751. The third-order valence-electron chi connectivity index (χ3n) is 14.6. The van der Waals surface area contributed by atoms with Gasteiger partial charge in [-0.15, -0.1) is 22.7 Å². The summed E-state index contributed by atoms with van der Waals surface area (Å²) in [5.41, 5.74) is 17.4. The second-order valence-electron chi connectivity index (χ2n) is 18.6. The van der Waals surface area contributed by atoms with Crippen LogP contribution in [-0.2, 0) is 25.7 Å². The molecule has 0 atom stereocenters. The van der Waals surface area contributed by atoms with Gasteiger partial charge in [0.2, 0.25) is 0 Å². The van der Waals surface area contributed by atoms with Crippen molar-refractivity contribution in [2.24, 2.45) is 0 Å². The summed E-state index contributed by atoms with van der Waals surface area (Å²) in [6, 6.07) is 66.8. The number of rotatable bonds is 10. The average molecular weight is 975 g/mol. The van der Waals surface area contributed by atoms with E-state index in [1.807, 2.05) is 46.9 Å². The second-order valence-corrected chi connectivity index (χ2v) is 20.8. The fourth-order valence-electron chi connectivity index (χ4n) is 10.9. The van der Waals surface area contributed by atoms with Crippen molar-refractivity contribution in [2.45, 2.75) is 25.7 Å². The predicted octanol–water partition coefficient (Wildman–Crippen LogP) is 16.6. The molecule has 352 valence electrons. The molecule has 12 aromatic rings. The van der Waals surface area contributed by atoms with Crippen LogP contribution in [0.15, 0.2) is 182 Å². The van der Waals surface area contributed by atoms with Crippen LogP contribution in [0.3, 0.4) is 0 Å². The molecular formula is C64H50N2O4S2. The summed E-state index contributed by atoms with van der Waals surface area (Å²) in [4.78, 5) is 5.17. The molecule has 4 aromatic heterocycles. The Morgan fingerprint density at radius 3 is 0.986 bits per heavy atom. The number of methoxy groups -OCH3 is 4. The van der Waals surface area contributed by atoms with Crippen LogP contribution in [0.2, 0.25) is 0 Å². The molecule has 4 aliphatic carbocycles. The SMILES string of the molecule is COc1ccc2c(c1)c1cc(OC)ccc1n2-c1ccc(-c2ccc(-c3cc4ccc3CCc3ccc(c(-c5ccc(-c6ccc(-n7c8ccc(OC)cc8c8cc(OC)ccc87)cc6)s5)c3)CC4)s2)cc1. The van der Waals surface area contributed by atoms with Gasteiger partial charge < -0.3 is 28.1 Å². The standard InChI is InChI=1S/C64H50N2O4S2/c1-67-47-21-25-57-53(35-47)54-36-48(68-2)22-26-58(54)65(57)45-17-13-43(14-18-45)61-29-31-63(71-61)51-33-39-5-9-41(51)11-7-40-6-10-42(12-8-39)52(34-40)64-32-30-62(72-64)44-15-19-46(20-16-44)66-59-27-23-49(69-3)37-55(59)56-38-50(70-4)24-28-60(56)66/h5-6,9-10,13-38H,7-8,11-12H2,1-4H3. The number of aromatic nitrogens is 2. The molecule has 0 radical (unpaired) electrons. The first-order valence-corrected chi connectivity index (χ1v) is 26.0. The van der Waals surface area contributed by atoms with Crippen molar-refractivity contribution in [3.8, 4) is 76.1 Å². The van der Waals surface area contributed by atoms with Crippen molar-refractivity contribution in [1.29, 1.82) is 0 Å². The molecule has 0 spiro atoms. The van der Waals surface area contributed by atoms with Gasteiger partial charge >= 0.3 is 0 Å². The Hall–Kier alpha value is -8.04. The molecule has 0 amide bonds. The van der Waals surface area contributed by atoms with Gasteiger partial charge in [-0.25, -0.2) is 0 Å². The molecule has 0 unspecified atom stereocenters. The summed E-state index contributed by atoms with van der Waals surface area (Å²) in [6.07, 6.45) is 3.90. The first-order chi connectivity index (χ1) is 35.4. The monoisotopic (exact) mass is 974 g/mol. The third kappa shape index (κ3) is 7.61. The van der Waals surface area contributed by atoms with E-state index in [1.165, 1.54) is 64.0 Å². The van der Waals surface area contributed by atoms with Crippen LogP contribution in [0.5, 0.6) is 23.0 Å². The van der Waals surface area contributed by atoms with Gasteiger partial charge in [-0.05, 0) is 192 Å². The number of hydrogen-bond donors (Lipinski definition) is 0. The van der Waals surface area contributed by atoms with E-state index in [2.05, 4.69) is 167 Å². The Kier molecular flexibility index (Phi) is 11.0. The van der Waals surface area contributed by atoms with Crippen LogP contribution < -0.4 is 18.9 Å². The smallest absolute Gasteiger partial charge is 0.119 e. The molecule has 72 heavy (non-hydrogen) atoms. The molecule has 6 nitrogen and oxygen atoms in total. The highest BCUT2D eigenvalue weighted by Gasteiger charge is 2.19. The van der Waals surface area contributed by atoms with Gasteiger partial charge in [0, 0.05) is 52.4 Å². The van der Waals surface area contributed by atoms with Crippen molar-refractivity contribution in [2.75, 3.05) is 28.4 Å². The quantitative estimate of drug-likeness (QED) is 0.137. The van der Waals surface area contributed by atoms with Gasteiger partial charge in [-0.3, -0.25) is 0 Å². The van der Waals surface area contributed by atoms with Crippen molar-refractivity contribution in [3.63, 3.8) is 0 Å². The van der Waals surface area contributed by atoms with E-state index >= 15 is 0 Å². The topological polar surface area (TPSA) is 46.8 Å². The van der Waals surface area contributed by atoms with Gasteiger partial charge in [0.1, 0.15) is 23.0 Å². The van der Waals surface area contributed by atoms with Crippen molar-refractivity contribution in [3.05, 3.63) is 204 Å². The molecular weight excluding hydrogens is 925 g/mol. The van der Waals surface area contributed by atoms with E-state index in [0.29, 0.717) is 0 Å². The second kappa shape index (κ2) is 18.0. The maximum Gasteiger partial charge on any atom is 0.119 e. The van der Waals surface area contributed by atoms with Gasteiger partial charge in [0.15, 0.2) is 0 Å². The maximum atomic E-state index is 5.62. The number of thiophene rings is 2. The van der Waals surface area contributed by atoms with E-state index in [1.54, 1.807) is 28.4 Å². The maximum absolute atomic E-state index is 5.62. The van der Waals surface area contributed by atoms with Crippen LogP contribution in [0.4, 0.5) is 0 Å². The Morgan fingerprint density at radius 1 is 0.319 bits per heavy atom. The Bertz CT molecular complexity index is 3660. The summed E-state index contributed by atoms with van der Waals surface area (Å²) in [7, 11) is 6.86. The molecule has 4 heterocycles. The Labute approximate surface area is 426 Å². The molecule has 0 N–H and O–H groups in total. The molecule has 0 aliphatic heterocycles. The molecule has 0 saturated heterocycles. The molecule has 16 rings (SSSR count). The zero-order valence-electron chi connectivity index (χ0n) is 40.5. The zero-order valence-corrected chi connectivity index (χ0v) is 42.1. The lowest BCUT2D eigenvalue weighted by Gasteiger charge is -2.16. The predicted molar refractivity (Wildman–Crippen MR) is 300 cm³/mol. The summed E-state index contributed by atoms with van der Waals surface area (Å²) in [5.74, 6) is 3.34. The summed E-state index contributed by atoms with van der Waals surface area (Å²) >= 11 is 3.77. The largest absolute Gasteiger partial charge is 0.497 e. The minimum absolute atomic E-state index is 0.836. The molecule has 8 heteroatoms. The lowest BCUT2D eigenvalue weighted by atomic mass is 9.90. The summed E-state index contributed by atoms with van der Waals surface area (Å²) < 4.78 is 27.1. The minimum atomic E-state index is 0.836. The number of benzene rings is 8. The lowest BCUT2D eigenvalue weighted by Crippen LogP contribution is -2.01. The fourth-order valence-corrected chi connectivity index (χ4v) is 13.0. The van der Waals surface area contributed by atoms with Crippen molar-refractivity contribution >= 4 is 66.3 Å². The van der Waals surface area contributed by atoms with Gasteiger partial charge in [-0.1, -0.05) is 60.7 Å². The van der Waals surface area contributed by atoms with Crippen LogP contribution in [-0.4, -0.2) is 37.6 Å². The van der Waals surface area contributed by atoms with Gasteiger partial charge in [0.05, 0.1) is 50.5 Å². The number of ether oxygens (including phenoxy) is 4. The van der Waals surface area contributed by atoms with Crippen LogP contribution in [0, 0.1) is 0 Å². The van der Waals surface area contributed by atoms with E-state index in [0.717, 1.165) is 104 Å². The van der Waals surface area contributed by atoms with Crippen LogP contribution >= 0.6 is 22.7 Å². The molecule has 8 aromatic carbocycles. The highest BCUT2D eigenvalue weighted by molar-refractivity contribution is 7.19. The zero-order chi connectivity index (χ0) is 48.5. The van der Waals surface area contributed by atoms with Crippen molar-refractivity contribution < 1.29 is 18.9 Å². The summed E-state index contributed by atoms with van der Waals surface area (Å²) in [6.45, 7) is 0. The van der Waals surface area contributed by atoms with Crippen molar-refractivity contribution in [1.82, 2.24) is 9.13 Å². The first-order valence-electron chi connectivity index (χ1n) is 24.4. The van der Waals surface area contributed by atoms with E-state index in [-0.39, 0.29) is 0 Å². The molecule has 0 saturated carbocycles. The van der Waals surface area contributed by atoms with E-state index in [9.17, 15) is 0 Å². The first kappa shape index (κ1) is 43.9. The average Bonchev–Trinajstić information content (AvgIpc) is 4.25. The number of aryl methyl sites for hydroxylation is 4. The van der Waals surface area contributed by atoms with E-state index < -0.39 is 0 Å². The van der Waals surface area contributed by atoms with Gasteiger partial charge in [-0.2, -0.15) is 0 Å². The summed E-state index contributed by atoms with van der Waals surface area (Å²) in [5, 5.41) is 4.53. The third-order valence-corrected chi connectivity index (χ3v) is 17.0. The van der Waals surface area contributed by atoms with Gasteiger partial charge in [0.25, 0.3) is 0 Å². The van der Waals surface area contributed by atoms with Crippen LogP contribution in [0.25, 0.3) is 96.7 Å². The molecule has 4 bridgehead atoms. The fraction of sp³-hybridized carbons (Fsp3) is 0.125. The minimum Gasteiger partial charge on any atom is -0.497 e. The van der Waals surface area contributed by atoms with E-state index in [4.69, 9.17) is 18.9 Å². The lowest BCUT2D eigenvalue weighted by molar-refractivity contribution is 0.415. The highest BCUT2D eigenvalue weighted by Crippen LogP contribution is 2.43. The molecule has 4 aliphatic rings. The highest BCUT2D eigenvalue weighted by atomic mass is 32.1. The van der Waals surface area contributed by atoms with Crippen LogP contribution in [0.1, 0.15) is 22.3 Å². The number of hydrogen-bond acceptors (Lipinski definition) is 6. The molecule has 0 fully saturated rings. The number of fused-ring (bicyclic) bond motifs is 6. The number of nitrogens with zero attached hydrogens (tertiary/aromatic N) is 2. The Morgan fingerprint density at radius 2 is 0.653 bits per heavy atom.